The van der Waals surface area contributed by atoms with Crippen LogP contribution in [0.4, 0.5) is 11.8 Å². The van der Waals surface area contributed by atoms with E-state index in [0.29, 0.717) is 18.5 Å². The van der Waals surface area contributed by atoms with Gasteiger partial charge in [-0.05, 0) is 55.8 Å². The van der Waals surface area contributed by atoms with Crippen LogP contribution in [0.3, 0.4) is 0 Å². The monoisotopic (exact) mass is 419 g/mol. The number of aromatic nitrogens is 2. The first-order valence-corrected chi connectivity index (χ1v) is 11.2. The molecule has 0 bridgehead atoms. The third-order valence-electron chi connectivity index (χ3n) is 6.14. The van der Waals surface area contributed by atoms with E-state index in [0.717, 1.165) is 47.6 Å². The SMILES string of the molecule is CN(C)c1nc(NC2CCC(CNCC(O)c3ccccc3)CC2)nc2ccccc12. The van der Waals surface area contributed by atoms with Crippen molar-refractivity contribution in [1.82, 2.24) is 15.3 Å². The summed E-state index contributed by atoms with van der Waals surface area (Å²) < 4.78 is 0. The summed E-state index contributed by atoms with van der Waals surface area (Å²) in [7, 11) is 4.04. The molecular formula is C25H33N5O. The molecule has 4 rings (SSSR count). The predicted octanol–water partition coefficient (Wildman–Crippen LogP) is 3.99. The van der Waals surface area contributed by atoms with Crippen LogP contribution in [-0.4, -0.2) is 48.3 Å². The van der Waals surface area contributed by atoms with Crippen molar-refractivity contribution in [3.63, 3.8) is 0 Å². The number of fused-ring (bicyclic) bond motifs is 1. The molecule has 1 heterocycles. The third kappa shape index (κ3) is 5.51. The number of aliphatic hydroxyl groups excluding tert-OH is 1. The lowest BCUT2D eigenvalue weighted by molar-refractivity contribution is 0.170. The number of para-hydroxylation sites is 1. The van der Waals surface area contributed by atoms with Gasteiger partial charge in [0.05, 0.1) is 11.6 Å². The Morgan fingerprint density at radius 1 is 0.968 bits per heavy atom. The molecule has 6 nitrogen and oxygen atoms in total. The molecule has 3 N–H and O–H groups in total. The van der Waals surface area contributed by atoms with Gasteiger partial charge in [-0.25, -0.2) is 4.98 Å². The first-order chi connectivity index (χ1) is 15.1. The second-order valence-electron chi connectivity index (χ2n) is 8.73. The van der Waals surface area contributed by atoms with Crippen molar-refractivity contribution in [1.29, 1.82) is 0 Å². The molecule has 1 aromatic heterocycles. The summed E-state index contributed by atoms with van der Waals surface area (Å²) in [5.74, 6) is 2.31. The number of hydrogen-bond donors (Lipinski definition) is 3. The van der Waals surface area contributed by atoms with E-state index < -0.39 is 6.10 Å². The maximum absolute atomic E-state index is 10.3. The highest BCUT2D eigenvalue weighted by Crippen LogP contribution is 2.28. The van der Waals surface area contributed by atoms with Crippen molar-refractivity contribution >= 4 is 22.7 Å². The van der Waals surface area contributed by atoms with Crippen molar-refractivity contribution in [2.75, 3.05) is 37.4 Å². The second-order valence-corrected chi connectivity index (χ2v) is 8.73. The van der Waals surface area contributed by atoms with Crippen LogP contribution in [0.15, 0.2) is 54.6 Å². The molecule has 1 saturated carbocycles. The minimum atomic E-state index is -0.449. The number of benzene rings is 2. The van der Waals surface area contributed by atoms with Gasteiger partial charge in [0.15, 0.2) is 0 Å². The van der Waals surface area contributed by atoms with Crippen LogP contribution in [0.2, 0.25) is 0 Å². The first-order valence-electron chi connectivity index (χ1n) is 11.2. The Labute approximate surface area is 184 Å². The van der Waals surface area contributed by atoms with Gasteiger partial charge in [-0.1, -0.05) is 42.5 Å². The fourth-order valence-corrected chi connectivity index (χ4v) is 4.38. The Morgan fingerprint density at radius 2 is 1.68 bits per heavy atom. The smallest absolute Gasteiger partial charge is 0.225 e. The van der Waals surface area contributed by atoms with Gasteiger partial charge >= 0.3 is 0 Å². The van der Waals surface area contributed by atoms with Crippen molar-refractivity contribution < 1.29 is 5.11 Å². The number of anilines is 2. The van der Waals surface area contributed by atoms with Gasteiger partial charge in [-0.3, -0.25) is 0 Å². The summed E-state index contributed by atoms with van der Waals surface area (Å²) in [6.07, 6.45) is 4.11. The maximum atomic E-state index is 10.3. The van der Waals surface area contributed by atoms with Crippen molar-refractivity contribution in [3.8, 4) is 0 Å². The third-order valence-corrected chi connectivity index (χ3v) is 6.14. The first kappa shape index (κ1) is 21.5. The largest absolute Gasteiger partial charge is 0.387 e. The van der Waals surface area contributed by atoms with E-state index in [1.54, 1.807) is 0 Å². The van der Waals surface area contributed by atoms with Crippen molar-refractivity contribution in [2.45, 2.75) is 37.8 Å². The van der Waals surface area contributed by atoms with Crippen LogP contribution in [0.25, 0.3) is 10.9 Å². The highest BCUT2D eigenvalue weighted by atomic mass is 16.3. The van der Waals surface area contributed by atoms with Gasteiger partial charge in [0.25, 0.3) is 0 Å². The van der Waals surface area contributed by atoms with E-state index in [1.807, 2.05) is 67.5 Å². The summed E-state index contributed by atoms with van der Waals surface area (Å²) in [6, 6.07) is 18.4. The number of nitrogens with zero attached hydrogens (tertiary/aromatic N) is 3. The molecule has 0 saturated heterocycles. The molecule has 1 aliphatic rings. The lowest BCUT2D eigenvalue weighted by atomic mass is 9.86. The Hall–Kier alpha value is -2.70. The van der Waals surface area contributed by atoms with Gasteiger partial charge in [0.1, 0.15) is 5.82 Å². The van der Waals surface area contributed by atoms with Crippen LogP contribution in [0, 0.1) is 5.92 Å². The van der Waals surface area contributed by atoms with E-state index >= 15 is 0 Å². The zero-order valence-corrected chi connectivity index (χ0v) is 18.5. The molecular weight excluding hydrogens is 386 g/mol. The Balaban J connectivity index is 1.27. The molecule has 3 aromatic rings. The molecule has 2 aromatic carbocycles. The summed E-state index contributed by atoms with van der Waals surface area (Å²) in [4.78, 5) is 11.6. The summed E-state index contributed by atoms with van der Waals surface area (Å²) >= 11 is 0. The van der Waals surface area contributed by atoms with Crippen molar-refractivity contribution in [2.24, 2.45) is 5.92 Å². The van der Waals surface area contributed by atoms with Crippen LogP contribution in [0.1, 0.15) is 37.4 Å². The van der Waals surface area contributed by atoms with Gasteiger partial charge in [0.2, 0.25) is 5.95 Å². The highest BCUT2D eigenvalue weighted by molar-refractivity contribution is 5.90. The van der Waals surface area contributed by atoms with Gasteiger partial charge in [-0.2, -0.15) is 4.98 Å². The molecule has 164 valence electrons. The van der Waals surface area contributed by atoms with Crippen LogP contribution in [0.5, 0.6) is 0 Å². The topological polar surface area (TPSA) is 73.3 Å². The average molecular weight is 420 g/mol. The predicted molar refractivity (Wildman–Crippen MR) is 128 cm³/mol. The molecule has 1 aliphatic carbocycles. The normalized spacial score (nSPS) is 19.8. The summed E-state index contributed by atoms with van der Waals surface area (Å²) in [5.41, 5.74) is 1.94. The Kier molecular flexibility index (Phi) is 6.99. The maximum Gasteiger partial charge on any atom is 0.225 e. The zero-order chi connectivity index (χ0) is 21.6. The zero-order valence-electron chi connectivity index (χ0n) is 18.5. The minimum Gasteiger partial charge on any atom is -0.387 e. The van der Waals surface area contributed by atoms with E-state index in [-0.39, 0.29) is 0 Å². The quantitative estimate of drug-likeness (QED) is 0.513. The van der Waals surface area contributed by atoms with Gasteiger partial charge < -0.3 is 20.6 Å². The molecule has 0 amide bonds. The average Bonchev–Trinajstić information content (AvgIpc) is 2.80. The van der Waals surface area contributed by atoms with Crippen molar-refractivity contribution in [3.05, 3.63) is 60.2 Å². The number of aliphatic hydroxyl groups is 1. The van der Waals surface area contributed by atoms with Crippen LogP contribution < -0.4 is 15.5 Å². The fraction of sp³-hybridized carbons (Fsp3) is 0.440. The summed E-state index contributed by atoms with van der Waals surface area (Å²) in [5, 5.41) is 18.4. The lowest BCUT2D eigenvalue weighted by Crippen LogP contribution is -2.33. The standard InChI is InChI=1S/C25H33N5O/c1-30(2)24-21-10-6-7-11-22(21)28-25(29-24)27-20-14-12-18(13-15-20)16-26-17-23(31)19-8-4-3-5-9-19/h3-11,18,20,23,26,31H,12-17H2,1-2H3,(H,27,28,29). The minimum absolute atomic E-state index is 0.405. The number of nitrogens with one attached hydrogen (secondary N) is 2. The molecule has 1 fully saturated rings. The second kappa shape index (κ2) is 10.1. The van der Waals surface area contributed by atoms with E-state index in [1.165, 1.54) is 12.8 Å². The number of hydrogen-bond acceptors (Lipinski definition) is 6. The number of rotatable bonds is 8. The van der Waals surface area contributed by atoms with Crippen LogP contribution in [-0.2, 0) is 0 Å². The highest BCUT2D eigenvalue weighted by Gasteiger charge is 2.22. The molecule has 31 heavy (non-hydrogen) atoms. The summed E-state index contributed by atoms with van der Waals surface area (Å²) in [6.45, 7) is 1.55. The van der Waals surface area contributed by atoms with Gasteiger partial charge in [0, 0.05) is 32.1 Å². The molecule has 0 spiro atoms. The van der Waals surface area contributed by atoms with Gasteiger partial charge in [-0.15, -0.1) is 0 Å². The van der Waals surface area contributed by atoms with E-state index in [9.17, 15) is 5.11 Å². The fourth-order valence-electron chi connectivity index (χ4n) is 4.38. The molecule has 0 aliphatic heterocycles. The lowest BCUT2D eigenvalue weighted by Gasteiger charge is -2.30. The Bertz CT molecular complexity index is 970. The molecule has 1 unspecified atom stereocenters. The van der Waals surface area contributed by atoms with Crippen LogP contribution >= 0.6 is 0 Å². The molecule has 0 radical (unpaired) electrons. The molecule has 6 heteroatoms. The molecule has 1 atom stereocenters. The van der Waals surface area contributed by atoms with E-state index in [2.05, 4.69) is 16.7 Å². The van der Waals surface area contributed by atoms with E-state index in [4.69, 9.17) is 9.97 Å². The Morgan fingerprint density at radius 3 is 2.42 bits per heavy atom.